The van der Waals surface area contributed by atoms with Crippen molar-refractivity contribution in [1.29, 1.82) is 0 Å². The lowest BCUT2D eigenvalue weighted by molar-refractivity contribution is 0.315. The van der Waals surface area contributed by atoms with Gasteiger partial charge in [0.1, 0.15) is 11.5 Å². The molecule has 0 aliphatic heterocycles. The molecule has 2 aromatic rings. The van der Waals surface area contributed by atoms with Crippen molar-refractivity contribution in [1.82, 2.24) is 4.98 Å². The van der Waals surface area contributed by atoms with Crippen molar-refractivity contribution in [3.05, 3.63) is 53.3 Å². The molecule has 0 bridgehead atoms. The second-order valence-electron chi connectivity index (χ2n) is 5.01. The highest BCUT2D eigenvalue weighted by atomic mass is 16.5. The van der Waals surface area contributed by atoms with Gasteiger partial charge in [-0.3, -0.25) is 4.98 Å². The third-order valence-electron chi connectivity index (χ3n) is 3.36. The minimum atomic E-state index is -0.253. The first-order chi connectivity index (χ1) is 10.2. The van der Waals surface area contributed by atoms with E-state index in [-0.39, 0.29) is 6.04 Å². The first-order valence-electron chi connectivity index (χ1n) is 7.13. The molecule has 2 rings (SSSR count). The predicted octanol–water partition coefficient (Wildman–Crippen LogP) is 3.24. The first-order valence-corrected chi connectivity index (χ1v) is 7.13. The third kappa shape index (κ3) is 3.73. The highest BCUT2D eigenvalue weighted by Crippen LogP contribution is 2.27. The molecule has 0 saturated heterocycles. The lowest BCUT2D eigenvalue weighted by atomic mass is 9.99. The average molecular weight is 286 g/mol. The number of pyridine rings is 1. The van der Waals surface area contributed by atoms with Crippen LogP contribution in [0.4, 0.5) is 0 Å². The fourth-order valence-corrected chi connectivity index (χ4v) is 2.13. The largest absolute Gasteiger partial charge is 0.496 e. The Morgan fingerprint density at radius 1 is 1.19 bits per heavy atom. The summed E-state index contributed by atoms with van der Waals surface area (Å²) in [5, 5.41) is 0. The van der Waals surface area contributed by atoms with Gasteiger partial charge in [0.15, 0.2) is 0 Å². The van der Waals surface area contributed by atoms with Gasteiger partial charge in [-0.15, -0.1) is 0 Å². The van der Waals surface area contributed by atoms with Crippen molar-refractivity contribution >= 4 is 0 Å². The number of benzene rings is 1. The van der Waals surface area contributed by atoms with Crippen LogP contribution in [0, 0.1) is 6.92 Å². The number of aromatic nitrogens is 1. The fraction of sp³-hybridized carbons (Fsp3) is 0.353. The van der Waals surface area contributed by atoms with E-state index in [4.69, 9.17) is 15.2 Å². The maximum absolute atomic E-state index is 6.34. The standard InChI is InChI=1S/C17H22N2O2/c1-4-7-21-15-8-14(10-19-11-15)17(18)13-6-5-12(2)16(9-13)20-3/h5-6,8-11,17H,4,7,18H2,1-3H3. The van der Waals surface area contributed by atoms with Crippen LogP contribution in [0.1, 0.15) is 36.1 Å². The van der Waals surface area contributed by atoms with Crippen molar-refractivity contribution < 1.29 is 9.47 Å². The number of hydrogen-bond acceptors (Lipinski definition) is 4. The molecular formula is C17H22N2O2. The molecule has 1 atom stereocenters. The van der Waals surface area contributed by atoms with Crippen molar-refractivity contribution in [3.63, 3.8) is 0 Å². The zero-order valence-electron chi connectivity index (χ0n) is 12.8. The Labute approximate surface area is 125 Å². The summed E-state index contributed by atoms with van der Waals surface area (Å²) in [6.45, 7) is 4.76. The molecule has 4 heteroatoms. The van der Waals surface area contributed by atoms with E-state index in [2.05, 4.69) is 11.9 Å². The van der Waals surface area contributed by atoms with E-state index in [1.54, 1.807) is 19.5 Å². The number of aryl methyl sites for hydroxylation is 1. The number of nitrogens with zero attached hydrogens (tertiary/aromatic N) is 1. The number of nitrogens with two attached hydrogens (primary N) is 1. The minimum Gasteiger partial charge on any atom is -0.496 e. The number of rotatable bonds is 6. The maximum atomic E-state index is 6.34. The Hall–Kier alpha value is -2.07. The van der Waals surface area contributed by atoms with Gasteiger partial charge < -0.3 is 15.2 Å². The van der Waals surface area contributed by atoms with E-state index >= 15 is 0 Å². The van der Waals surface area contributed by atoms with Crippen molar-refractivity contribution in [2.45, 2.75) is 26.3 Å². The van der Waals surface area contributed by atoms with Crippen LogP contribution in [0.3, 0.4) is 0 Å². The van der Waals surface area contributed by atoms with Gasteiger partial charge in [0.25, 0.3) is 0 Å². The molecule has 1 aromatic carbocycles. The number of hydrogen-bond donors (Lipinski definition) is 1. The van der Waals surface area contributed by atoms with Crippen molar-refractivity contribution in [2.75, 3.05) is 13.7 Å². The Kier molecular flexibility index (Phi) is 5.17. The highest BCUT2D eigenvalue weighted by molar-refractivity contribution is 5.41. The minimum absolute atomic E-state index is 0.253. The molecule has 112 valence electrons. The third-order valence-corrected chi connectivity index (χ3v) is 3.36. The van der Waals surface area contributed by atoms with Crippen LogP contribution >= 0.6 is 0 Å². The molecule has 0 saturated carbocycles. The second kappa shape index (κ2) is 7.09. The Bertz CT molecular complexity index is 599. The number of methoxy groups -OCH3 is 1. The van der Waals surface area contributed by atoms with Crippen LogP contribution in [-0.4, -0.2) is 18.7 Å². The molecule has 0 aliphatic carbocycles. The van der Waals surface area contributed by atoms with Crippen LogP contribution in [0.5, 0.6) is 11.5 Å². The quantitative estimate of drug-likeness (QED) is 0.885. The molecule has 0 fully saturated rings. The average Bonchev–Trinajstić information content (AvgIpc) is 2.53. The van der Waals surface area contributed by atoms with Gasteiger partial charge in [-0.25, -0.2) is 0 Å². The Morgan fingerprint density at radius 2 is 2.00 bits per heavy atom. The summed E-state index contributed by atoms with van der Waals surface area (Å²) in [4.78, 5) is 4.21. The van der Waals surface area contributed by atoms with Crippen LogP contribution < -0.4 is 15.2 Å². The van der Waals surface area contributed by atoms with Crippen LogP contribution in [-0.2, 0) is 0 Å². The van der Waals surface area contributed by atoms with Gasteiger partial charge in [0.05, 0.1) is 26.0 Å². The fourth-order valence-electron chi connectivity index (χ4n) is 2.13. The second-order valence-corrected chi connectivity index (χ2v) is 5.01. The van der Waals surface area contributed by atoms with Gasteiger partial charge in [0, 0.05) is 6.20 Å². The molecule has 1 heterocycles. The predicted molar refractivity (Wildman–Crippen MR) is 83.8 cm³/mol. The van der Waals surface area contributed by atoms with Crippen molar-refractivity contribution in [3.8, 4) is 11.5 Å². The van der Waals surface area contributed by atoms with E-state index in [9.17, 15) is 0 Å². The molecule has 21 heavy (non-hydrogen) atoms. The normalized spacial score (nSPS) is 12.0. The van der Waals surface area contributed by atoms with Gasteiger partial charge >= 0.3 is 0 Å². The number of ether oxygens (including phenoxy) is 2. The summed E-state index contributed by atoms with van der Waals surface area (Å²) in [5.74, 6) is 1.60. The summed E-state index contributed by atoms with van der Waals surface area (Å²) < 4.78 is 11.0. The maximum Gasteiger partial charge on any atom is 0.137 e. The molecular weight excluding hydrogens is 264 g/mol. The van der Waals surface area contributed by atoms with E-state index in [1.807, 2.05) is 31.2 Å². The van der Waals surface area contributed by atoms with Crippen molar-refractivity contribution in [2.24, 2.45) is 5.73 Å². The van der Waals surface area contributed by atoms with E-state index in [1.165, 1.54) is 0 Å². The molecule has 0 amide bonds. The molecule has 0 radical (unpaired) electrons. The topological polar surface area (TPSA) is 57.4 Å². The van der Waals surface area contributed by atoms with E-state index in [0.717, 1.165) is 34.6 Å². The first kappa shape index (κ1) is 15.3. The smallest absolute Gasteiger partial charge is 0.137 e. The molecule has 0 spiro atoms. The molecule has 1 aromatic heterocycles. The molecule has 2 N–H and O–H groups in total. The molecule has 4 nitrogen and oxygen atoms in total. The summed E-state index contributed by atoms with van der Waals surface area (Å²) in [6, 6.07) is 7.69. The lowest BCUT2D eigenvalue weighted by Crippen LogP contribution is -2.12. The summed E-state index contributed by atoms with van der Waals surface area (Å²) >= 11 is 0. The lowest BCUT2D eigenvalue weighted by Gasteiger charge is -2.15. The zero-order chi connectivity index (χ0) is 15.2. The molecule has 1 unspecified atom stereocenters. The Balaban J connectivity index is 2.24. The van der Waals surface area contributed by atoms with Gasteiger partial charge in [-0.05, 0) is 42.2 Å². The zero-order valence-corrected chi connectivity index (χ0v) is 12.8. The van der Waals surface area contributed by atoms with Crippen LogP contribution in [0.15, 0.2) is 36.7 Å². The van der Waals surface area contributed by atoms with Gasteiger partial charge in [-0.2, -0.15) is 0 Å². The SMILES string of the molecule is CCCOc1cncc(C(N)c2ccc(C)c(OC)c2)c1. The Morgan fingerprint density at radius 3 is 2.71 bits per heavy atom. The summed E-state index contributed by atoms with van der Waals surface area (Å²) in [7, 11) is 1.67. The van der Waals surface area contributed by atoms with Crippen LogP contribution in [0.25, 0.3) is 0 Å². The molecule has 0 aliphatic rings. The highest BCUT2D eigenvalue weighted by Gasteiger charge is 2.12. The van der Waals surface area contributed by atoms with E-state index < -0.39 is 0 Å². The van der Waals surface area contributed by atoms with E-state index in [0.29, 0.717) is 6.61 Å². The summed E-state index contributed by atoms with van der Waals surface area (Å²) in [5.41, 5.74) is 9.34. The monoisotopic (exact) mass is 286 g/mol. The van der Waals surface area contributed by atoms with Gasteiger partial charge in [-0.1, -0.05) is 19.1 Å². The van der Waals surface area contributed by atoms with Gasteiger partial charge in [0.2, 0.25) is 0 Å². The summed E-state index contributed by atoms with van der Waals surface area (Å²) in [6.07, 6.45) is 4.45. The van der Waals surface area contributed by atoms with Crippen LogP contribution in [0.2, 0.25) is 0 Å².